The van der Waals surface area contributed by atoms with Gasteiger partial charge in [-0.25, -0.2) is 0 Å². The van der Waals surface area contributed by atoms with E-state index in [9.17, 15) is 0 Å². The highest BCUT2D eigenvalue weighted by molar-refractivity contribution is 5.09. The highest BCUT2D eigenvalue weighted by atomic mass is 16.5. The van der Waals surface area contributed by atoms with E-state index < -0.39 is 0 Å². The van der Waals surface area contributed by atoms with Crippen LogP contribution in [0.25, 0.3) is 0 Å². The predicted molar refractivity (Wildman–Crippen MR) is 146 cm³/mol. The van der Waals surface area contributed by atoms with Gasteiger partial charge < -0.3 is 10.5 Å². The topological polar surface area (TPSA) is 35.2 Å². The van der Waals surface area contributed by atoms with Gasteiger partial charge in [0.25, 0.3) is 0 Å². The second kappa shape index (κ2) is 12.0. The Morgan fingerprint density at radius 3 is 2.41 bits per heavy atom. The zero-order valence-corrected chi connectivity index (χ0v) is 23.5. The van der Waals surface area contributed by atoms with Gasteiger partial charge in [-0.2, -0.15) is 0 Å². The van der Waals surface area contributed by atoms with Crippen molar-refractivity contribution in [3.05, 3.63) is 0 Å². The standard InChI is InChI=1S/C32H59NO/c1-5-6-7-8-21-34-22-9-10-24(2)28-13-14-29-27-12-11-26-23-25(17-20-33)15-18-31(26,3)30(27)16-19-32(28,29)4/h24-30H,5-23,33H2,1-4H3/t24?,25-,26+,27+,28-,29+,30+,31+,32-/m1/s1. The molecule has 4 aliphatic rings. The van der Waals surface area contributed by atoms with Crippen molar-refractivity contribution in [1.29, 1.82) is 0 Å². The lowest BCUT2D eigenvalue weighted by atomic mass is 9.44. The summed E-state index contributed by atoms with van der Waals surface area (Å²) in [6.45, 7) is 13.2. The molecule has 1 unspecified atom stereocenters. The number of hydrogen-bond donors (Lipinski definition) is 1. The summed E-state index contributed by atoms with van der Waals surface area (Å²) in [5, 5.41) is 0. The Morgan fingerprint density at radius 1 is 0.853 bits per heavy atom. The van der Waals surface area contributed by atoms with E-state index in [0.717, 1.165) is 61.2 Å². The molecule has 198 valence electrons. The van der Waals surface area contributed by atoms with Gasteiger partial charge in [-0.15, -0.1) is 0 Å². The quantitative estimate of drug-likeness (QED) is 0.288. The van der Waals surface area contributed by atoms with E-state index in [1.54, 1.807) is 0 Å². The average molecular weight is 474 g/mol. The normalized spacial score (nSPS) is 42.6. The molecule has 2 N–H and O–H groups in total. The van der Waals surface area contributed by atoms with Crippen molar-refractivity contribution < 1.29 is 4.74 Å². The fraction of sp³-hybridized carbons (Fsp3) is 1.00. The van der Waals surface area contributed by atoms with Gasteiger partial charge in [-0.05, 0) is 142 Å². The van der Waals surface area contributed by atoms with Crippen molar-refractivity contribution in [2.75, 3.05) is 19.8 Å². The summed E-state index contributed by atoms with van der Waals surface area (Å²) in [5.41, 5.74) is 7.18. The molecule has 0 heterocycles. The molecule has 2 heteroatoms. The second-order valence-corrected chi connectivity index (χ2v) is 13.9. The highest BCUT2D eigenvalue weighted by Gasteiger charge is 2.60. The summed E-state index contributed by atoms with van der Waals surface area (Å²) >= 11 is 0. The Labute approximate surface area is 212 Å². The minimum atomic E-state index is 0.613. The molecule has 4 aliphatic carbocycles. The summed E-state index contributed by atoms with van der Waals surface area (Å²) < 4.78 is 5.97. The molecular weight excluding hydrogens is 414 g/mol. The molecule has 4 saturated carbocycles. The summed E-state index contributed by atoms with van der Waals surface area (Å²) in [6, 6.07) is 0. The van der Waals surface area contributed by atoms with Gasteiger partial charge in [-0.3, -0.25) is 0 Å². The van der Waals surface area contributed by atoms with Gasteiger partial charge in [0.15, 0.2) is 0 Å². The first-order chi connectivity index (χ1) is 16.4. The van der Waals surface area contributed by atoms with E-state index in [4.69, 9.17) is 10.5 Å². The third-order valence-corrected chi connectivity index (χ3v) is 12.2. The van der Waals surface area contributed by atoms with Crippen LogP contribution in [0.3, 0.4) is 0 Å². The number of ether oxygens (including phenoxy) is 1. The van der Waals surface area contributed by atoms with Crippen LogP contribution in [0.5, 0.6) is 0 Å². The first-order valence-electron chi connectivity index (χ1n) is 15.7. The number of hydrogen-bond acceptors (Lipinski definition) is 2. The van der Waals surface area contributed by atoms with Crippen LogP contribution in [0.2, 0.25) is 0 Å². The second-order valence-electron chi connectivity index (χ2n) is 13.9. The highest BCUT2D eigenvalue weighted by Crippen LogP contribution is 2.68. The van der Waals surface area contributed by atoms with Crippen molar-refractivity contribution >= 4 is 0 Å². The Kier molecular flexibility index (Phi) is 9.50. The lowest BCUT2D eigenvalue weighted by Gasteiger charge is -2.61. The number of nitrogens with two attached hydrogens (primary N) is 1. The number of unbranched alkanes of at least 4 members (excludes halogenated alkanes) is 3. The third-order valence-electron chi connectivity index (χ3n) is 12.2. The van der Waals surface area contributed by atoms with Crippen LogP contribution in [-0.4, -0.2) is 19.8 Å². The maximum atomic E-state index is 5.97. The van der Waals surface area contributed by atoms with Gasteiger partial charge in [0, 0.05) is 13.2 Å². The largest absolute Gasteiger partial charge is 0.381 e. The summed E-state index contributed by atoms with van der Waals surface area (Å²) in [6.07, 6.45) is 22.7. The van der Waals surface area contributed by atoms with Crippen LogP contribution in [0.1, 0.15) is 130 Å². The molecule has 0 saturated heterocycles. The summed E-state index contributed by atoms with van der Waals surface area (Å²) in [4.78, 5) is 0. The van der Waals surface area contributed by atoms with Crippen molar-refractivity contribution in [1.82, 2.24) is 0 Å². The first kappa shape index (κ1) is 27.0. The molecule has 4 fully saturated rings. The Morgan fingerprint density at radius 2 is 1.62 bits per heavy atom. The molecule has 0 aromatic rings. The SMILES string of the molecule is CCCCCCOCCCC(C)[C@H]1CC[C@H]2[C@@H]3CC[C@H]4C[C@@H](CCN)CC[C@]4(C)[C@H]3CC[C@]12C. The van der Waals surface area contributed by atoms with Crippen molar-refractivity contribution in [2.24, 2.45) is 58.0 Å². The summed E-state index contributed by atoms with van der Waals surface area (Å²) in [5.74, 6) is 6.77. The number of rotatable bonds is 12. The zero-order chi connectivity index (χ0) is 24.2. The maximum absolute atomic E-state index is 5.97. The van der Waals surface area contributed by atoms with Gasteiger partial charge in [0.2, 0.25) is 0 Å². The fourth-order valence-corrected chi connectivity index (χ4v) is 10.3. The molecule has 0 radical (unpaired) electrons. The first-order valence-corrected chi connectivity index (χ1v) is 15.7. The lowest BCUT2D eigenvalue weighted by Crippen LogP contribution is -2.53. The van der Waals surface area contributed by atoms with Gasteiger partial charge in [-0.1, -0.05) is 47.0 Å². The average Bonchev–Trinajstić information content (AvgIpc) is 3.18. The molecule has 34 heavy (non-hydrogen) atoms. The molecule has 9 atom stereocenters. The maximum Gasteiger partial charge on any atom is 0.0466 e. The monoisotopic (exact) mass is 473 g/mol. The lowest BCUT2D eigenvalue weighted by molar-refractivity contribution is -0.121. The van der Waals surface area contributed by atoms with Gasteiger partial charge >= 0.3 is 0 Å². The molecule has 0 amide bonds. The van der Waals surface area contributed by atoms with E-state index in [2.05, 4.69) is 27.7 Å². The fourth-order valence-electron chi connectivity index (χ4n) is 10.3. The molecule has 2 nitrogen and oxygen atoms in total. The molecule has 0 aliphatic heterocycles. The molecule has 0 aromatic heterocycles. The molecular formula is C32H59NO. The van der Waals surface area contributed by atoms with Crippen LogP contribution in [0, 0.1) is 52.3 Å². The minimum Gasteiger partial charge on any atom is -0.381 e. The van der Waals surface area contributed by atoms with E-state index in [1.165, 1.54) is 103 Å². The van der Waals surface area contributed by atoms with E-state index in [0.29, 0.717) is 10.8 Å². The molecule has 0 aromatic carbocycles. The zero-order valence-electron chi connectivity index (χ0n) is 23.5. The van der Waals surface area contributed by atoms with Crippen LogP contribution >= 0.6 is 0 Å². The number of fused-ring (bicyclic) bond motifs is 5. The van der Waals surface area contributed by atoms with E-state index >= 15 is 0 Å². The molecule has 0 bridgehead atoms. The van der Waals surface area contributed by atoms with Crippen molar-refractivity contribution in [3.63, 3.8) is 0 Å². The van der Waals surface area contributed by atoms with Crippen molar-refractivity contribution in [3.8, 4) is 0 Å². The van der Waals surface area contributed by atoms with Crippen LogP contribution in [0.15, 0.2) is 0 Å². The van der Waals surface area contributed by atoms with E-state index in [1.807, 2.05) is 0 Å². The molecule has 0 spiro atoms. The van der Waals surface area contributed by atoms with Crippen LogP contribution in [0.4, 0.5) is 0 Å². The summed E-state index contributed by atoms with van der Waals surface area (Å²) in [7, 11) is 0. The predicted octanol–water partition coefficient (Wildman–Crippen LogP) is 8.62. The Hall–Kier alpha value is -0.0800. The smallest absolute Gasteiger partial charge is 0.0466 e. The Bertz CT molecular complexity index is 620. The minimum absolute atomic E-state index is 0.613. The van der Waals surface area contributed by atoms with Gasteiger partial charge in [0.05, 0.1) is 0 Å². The van der Waals surface area contributed by atoms with Gasteiger partial charge in [0.1, 0.15) is 0 Å². The van der Waals surface area contributed by atoms with Crippen molar-refractivity contribution in [2.45, 2.75) is 130 Å². The Balaban J connectivity index is 1.29. The van der Waals surface area contributed by atoms with Crippen LogP contribution < -0.4 is 5.73 Å². The van der Waals surface area contributed by atoms with Crippen LogP contribution in [-0.2, 0) is 4.74 Å². The third kappa shape index (κ3) is 5.44. The molecule has 4 rings (SSSR count). The van der Waals surface area contributed by atoms with E-state index in [-0.39, 0.29) is 0 Å².